The predicted molar refractivity (Wildman–Crippen MR) is 78.9 cm³/mol. The van der Waals surface area contributed by atoms with E-state index in [4.69, 9.17) is 0 Å². The number of hydrogen-bond acceptors (Lipinski definition) is 2. The van der Waals surface area contributed by atoms with Gasteiger partial charge < -0.3 is 5.32 Å². The zero-order chi connectivity index (χ0) is 12.6. The third kappa shape index (κ3) is 4.55. The number of rotatable bonds is 4. The summed E-state index contributed by atoms with van der Waals surface area (Å²) in [5.41, 5.74) is 0. The molecule has 0 spiro atoms. The minimum atomic E-state index is 0.814. The van der Waals surface area contributed by atoms with E-state index < -0.39 is 0 Å². The van der Waals surface area contributed by atoms with E-state index in [-0.39, 0.29) is 0 Å². The van der Waals surface area contributed by atoms with Crippen LogP contribution < -0.4 is 5.32 Å². The summed E-state index contributed by atoms with van der Waals surface area (Å²) in [4.78, 5) is 2.76. The molecule has 1 aliphatic carbocycles. The number of piperidine rings is 1. The molecule has 0 bridgehead atoms. The van der Waals surface area contributed by atoms with Crippen LogP contribution >= 0.6 is 0 Å². The van der Waals surface area contributed by atoms with Crippen molar-refractivity contribution >= 4 is 0 Å². The summed E-state index contributed by atoms with van der Waals surface area (Å²) in [7, 11) is 0. The highest BCUT2D eigenvalue weighted by Crippen LogP contribution is 2.24. The van der Waals surface area contributed by atoms with Gasteiger partial charge in [-0.3, -0.25) is 4.90 Å². The van der Waals surface area contributed by atoms with E-state index >= 15 is 0 Å². The van der Waals surface area contributed by atoms with Crippen molar-refractivity contribution in [2.75, 3.05) is 26.2 Å². The average Bonchev–Trinajstić information content (AvgIpc) is 2.39. The topological polar surface area (TPSA) is 15.3 Å². The minimum absolute atomic E-state index is 0.814. The number of likely N-dealkylation sites (N-methyl/N-ethyl adjacent to an activating group) is 1. The fourth-order valence-corrected chi connectivity index (χ4v) is 3.74. The van der Waals surface area contributed by atoms with Crippen molar-refractivity contribution in [1.82, 2.24) is 10.2 Å². The molecule has 0 aromatic rings. The molecule has 1 heterocycles. The van der Waals surface area contributed by atoms with E-state index in [0.29, 0.717) is 0 Å². The Hall–Kier alpha value is -0.0800. The summed E-state index contributed by atoms with van der Waals surface area (Å²) < 4.78 is 0. The molecule has 0 aromatic carbocycles. The average molecular weight is 252 g/mol. The third-order valence-corrected chi connectivity index (χ3v) is 4.91. The molecule has 1 unspecified atom stereocenters. The summed E-state index contributed by atoms with van der Waals surface area (Å²) in [6.07, 6.45) is 13.1. The molecule has 2 heteroatoms. The zero-order valence-electron chi connectivity index (χ0n) is 12.3. The molecule has 0 amide bonds. The maximum absolute atomic E-state index is 3.57. The van der Waals surface area contributed by atoms with Crippen molar-refractivity contribution in [3.63, 3.8) is 0 Å². The van der Waals surface area contributed by atoms with Crippen LogP contribution in [0.25, 0.3) is 0 Å². The highest BCUT2D eigenvalue weighted by molar-refractivity contribution is 4.80. The number of hydrogen-bond donors (Lipinski definition) is 1. The molecule has 0 aromatic heterocycles. The summed E-state index contributed by atoms with van der Waals surface area (Å²) in [5.74, 6) is 0.979. The second-order valence-corrected chi connectivity index (χ2v) is 6.30. The number of nitrogens with one attached hydrogen (secondary N) is 1. The molecule has 1 saturated heterocycles. The van der Waals surface area contributed by atoms with Gasteiger partial charge >= 0.3 is 0 Å². The Morgan fingerprint density at radius 2 is 1.67 bits per heavy atom. The molecular formula is C16H32N2. The van der Waals surface area contributed by atoms with Crippen LogP contribution in [0.5, 0.6) is 0 Å². The Balaban J connectivity index is 1.79. The highest BCUT2D eigenvalue weighted by atomic mass is 15.2. The van der Waals surface area contributed by atoms with E-state index in [0.717, 1.165) is 12.0 Å². The fourth-order valence-electron chi connectivity index (χ4n) is 3.74. The molecule has 1 atom stereocenters. The van der Waals surface area contributed by atoms with Gasteiger partial charge in [-0.1, -0.05) is 39.0 Å². The van der Waals surface area contributed by atoms with Gasteiger partial charge in [0.25, 0.3) is 0 Å². The Bertz CT molecular complexity index is 203. The molecule has 2 rings (SSSR count). The lowest BCUT2D eigenvalue weighted by Crippen LogP contribution is -2.47. The Labute approximate surface area is 114 Å². The Morgan fingerprint density at radius 3 is 2.28 bits per heavy atom. The first-order valence-corrected chi connectivity index (χ1v) is 8.35. The summed E-state index contributed by atoms with van der Waals surface area (Å²) in [6, 6.07) is 0.814. The van der Waals surface area contributed by atoms with Crippen LogP contribution in [0.1, 0.15) is 64.7 Å². The molecule has 18 heavy (non-hydrogen) atoms. The monoisotopic (exact) mass is 252 g/mol. The van der Waals surface area contributed by atoms with Gasteiger partial charge in [0, 0.05) is 19.1 Å². The highest BCUT2D eigenvalue weighted by Gasteiger charge is 2.22. The second-order valence-electron chi connectivity index (χ2n) is 6.30. The quantitative estimate of drug-likeness (QED) is 0.825. The summed E-state index contributed by atoms with van der Waals surface area (Å²) >= 11 is 0. The lowest BCUT2D eigenvalue weighted by atomic mass is 9.90. The van der Waals surface area contributed by atoms with Crippen LogP contribution in [-0.2, 0) is 0 Å². The van der Waals surface area contributed by atoms with Gasteiger partial charge in [-0.15, -0.1) is 0 Å². The van der Waals surface area contributed by atoms with Crippen LogP contribution in [0, 0.1) is 5.92 Å². The van der Waals surface area contributed by atoms with Crippen LogP contribution in [0.4, 0.5) is 0 Å². The molecule has 2 aliphatic rings. The molecular weight excluding hydrogens is 220 g/mol. The molecule has 0 radical (unpaired) electrons. The van der Waals surface area contributed by atoms with Gasteiger partial charge in [-0.25, -0.2) is 0 Å². The minimum Gasteiger partial charge on any atom is -0.315 e. The Morgan fingerprint density at radius 1 is 0.944 bits per heavy atom. The van der Waals surface area contributed by atoms with Gasteiger partial charge in [0.1, 0.15) is 0 Å². The molecule has 2 nitrogen and oxygen atoms in total. The first-order valence-electron chi connectivity index (χ1n) is 8.35. The van der Waals surface area contributed by atoms with E-state index in [1.54, 1.807) is 0 Å². The summed E-state index contributed by atoms with van der Waals surface area (Å²) in [6.45, 7) is 7.40. The van der Waals surface area contributed by atoms with Crippen LogP contribution in [0.2, 0.25) is 0 Å². The second kappa shape index (κ2) is 8.16. The van der Waals surface area contributed by atoms with Crippen molar-refractivity contribution in [3.05, 3.63) is 0 Å². The first kappa shape index (κ1) is 14.3. The van der Waals surface area contributed by atoms with E-state index in [1.165, 1.54) is 84.0 Å². The molecule has 106 valence electrons. The Kier molecular flexibility index (Phi) is 6.50. The smallest absolute Gasteiger partial charge is 0.0221 e. The zero-order valence-corrected chi connectivity index (χ0v) is 12.3. The molecule has 1 aliphatic heterocycles. The maximum Gasteiger partial charge on any atom is 0.0221 e. The van der Waals surface area contributed by atoms with Gasteiger partial charge in [-0.05, 0) is 44.7 Å². The lowest BCUT2D eigenvalue weighted by molar-refractivity contribution is 0.138. The third-order valence-electron chi connectivity index (χ3n) is 4.91. The van der Waals surface area contributed by atoms with Crippen molar-refractivity contribution in [2.45, 2.75) is 70.8 Å². The molecule has 1 N–H and O–H groups in total. The van der Waals surface area contributed by atoms with E-state index in [2.05, 4.69) is 17.1 Å². The standard InChI is InChI=1S/C16H32N2/c1-2-18(16-11-8-12-17-13-16)14-15-9-6-4-3-5-7-10-15/h15-17H,2-14H2,1H3. The fraction of sp³-hybridized carbons (Fsp3) is 1.00. The summed E-state index contributed by atoms with van der Waals surface area (Å²) in [5, 5.41) is 3.57. The lowest BCUT2D eigenvalue weighted by Gasteiger charge is -2.36. The molecule has 1 saturated carbocycles. The van der Waals surface area contributed by atoms with E-state index in [9.17, 15) is 0 Å². The van der Waals surface area contributed by atoms with Gasteiger partial charge in [0.15, 0.2) is 0 Å². The van der Waals surface area contributed by atoms with Crippen molar-refractivity contribution in [1.29, 1.82) is 0 Å². The van der Waals surface area contributed by atoms with Crippen LogP contribution in [0.15, 0.2) is 0 Å². The predicted octanol–water partition coefficient (Wildman–Crippen LogP) is 3.42. The largest absolute Gasteiger partial charge is 0.315 e. The van der Waals surface area contributed by atoms with Crippen LogP contribution in [-0.4, -0.2) is 37.1 Å². The SMILES string of the molecule is CCN(CC1CCCCCCC1)C1CCCNC1. The van der Waals surface area contributed by atoms with Crippen molar-refractivity contribution < 1.29 is 0 Å². The first-order chi connectivity index (χ1) is 8.90. The van der Waals surface area contributed by atoms with Crippen molar-refractivity contribution in [2.24, 2.45) is 5.92 Å². The van der Waals surface area contributed by atoms with E-state index in [1.807, 2.05) is 0 Å². The molecule has 2 fully saturated rings. The van der Waals surface area contributed by atoms with Crippen molar-refractivity contribution in [3.8, 4) is 0 Å². The normalized spacial score (nSPS) is 28.0. The van der Waals surface area contributed by atoms with Gasteiger partial charge in [-0.2, -0.15) is 0 Å². The van der Waals surface area contributed by atoms with Gasteiger partial charge in [0.05, 0.1) is 0 Å². The van der Waals surface area contributed by atoms with Crippen LogP contribution in [0.3, 0.4) is 0 Å². The number of nitrogens with zero attached hydrogens (tertiary/aromatic N) is 1. The maximum atomic E-state index is 3.57. The van der Waals surface area contributed by atoms with Gasteiger partial charge in [0.2, 0.25) is 0 Å².